The Morgan fingerprint density at radius 1 is 1.18 bits per heavy atom. The van der Waals surface area contributed by atoms with Gasteiger partial charge in [0.2, 0.25) is 0 Å². The van der Waals surface area contributed by atoms with Crippen LogP contribution in [0.25, 0.3) is 0 Å². The molecular weight excluding hydrogens is 206 g/mol. The van der Waals surface area contributed by atoms with Crippen molar-refractivity contribution < 1.29 is 0 Å². The van der Waals surface area contributed by atoms with Gasteiger partial charge in [-0.15, -0.1) is 0 Å². The van der Waals surface area contributed by atoms with Gasteiger partial charge >= 0.3 is 0 Å². The van der Waals surface area contributed by atoms with E-state index in [-0.39, 0.29) is 0 Å². The van der Waals surface area contributed by atoms with E-state index in [1.807, 2.05) is 0 Å². The van der Waals surface area contributed by atoms with Crippen molar-refractivity contribution in [2.75, 3.05) is 13.6 Å². The lowest BCUT2D eigenvalue weighted by Gasteiger charge is -2.34. The van der Waals surface area contributed by atoms with Crippen LogP contribution in [0.1, 0.15) is 18.9 Å². The predicted octanol–water partition coefficient (Wildman–Crippen LogP) is 4.00. The Labute approximate surface area is 105 Å². The minimum absolute atomic E-state index is 0.880. The monoisotopic (exact) mass is 227 g/mol. The van der Waals surface area contributed by atoms with Gasteiger partial charge < -0.3 is 0 Å². The Morgan fingerprint density at radius 3 is 2.41 bits per heavy atom. The number of hydrogen-bond donors (Lipinski definition) is 0. The SMILES string of the molecule is CC[N+](C)(C1=CC[CH]C=C1)c1ccc(C)cc1. The van der Waals surface area contributed by atoms with Gasteiger partial charge in [-0.2, -0.15) is 0 Å². The summed E-state index contributed by atoms with van der Waals surface area (Å²) in [5.41, 5.74) is 4.06. The number of quaternary nitrogens is 1. The van der Waals surface area contributed by atoms with E-state index in [1.165, 1.54) is 16.9 Å². The Kier molecular flexibility index (Phi) is 3.49. The van der Waals surface area contributed by atoms with E-state index in [4.69, 9.17) is 0 Å². The molecule has 1 nitrogen and oxygen atoms in total. The van der Waals surface area contributed by atoms with Crippen LogP contribution in [0.5, 0.6) is 0 Å². The third-order valence-corrected chi connectivity index (χ3v) is 3.67. The maximum Gasteiger partial charge on any atom is 0.137 e. The average Bonchev–Trinajstić information content (AvgIpc) is 2.40. The average molecular weight is 227 g/mol. The Hall–Kier alpha value is -1.34. The van der Waals surface area contributed by atoms with Gasteiger partial charge in [0.25, 0.3) is 0 Å². The predicted molar refractivity (Wildman–Crippen MR) is 75.6 cm³/mol. The smallest absolute Gasteiger partial charge is 0.137 e. The summed E-state index contributed by atoms with van der Waals surface area (Å²) < 4.78 is 0.880. The molecule has 0 bridgehead atoms. The van der Waals surface area contributed by atoms with Gasteiger partial charge in [0.1, 0.15) is 11.4 Å². The van der Waals surface area contributed by atoms with Crippen molar-refractivity contribution in [1.82, 2.24) is 4.48 Å². The molecule has 0 aromatic heterocycles. The minimum Gasteiger partial charge on any atom is -0.262 e. The van der Waals surface area contributed by atoms with Crippen molar-refractivity contribution in [3.63, 3.8) is 0 Å². The van der Waals surface area contributed by atoms with Crippen molar-refractivity contribution in [1.29, 1.82) is 0 Å². The lowest BCUT2D eigenvalue weighted by Crippen LogP contribution is -2.43. The molecule has 0 amide bonds. The Bertz CT molecular complexity index is 439. The van der Waals surface area contributed by atoms with Crippen LogP contribution in [-0.4, -0.2) is 13.6 Å². The highest BCUT2D eigenvalue weighted by molar-refractivity contribution is 5.51. The van der Waals surface area contributed by atoms with Crippen molar-refractivity contribution >= 4 is 5.69 Å². The molecule has 0 saturated carbocycles. The fourth-order valence-corrected chi connectivity index (χ4v) is 2.26. The first-order valence-corrected chi connectivity index (χ1v) is 6.30. The number of nitrogens with zero attached hydrogens (tertiary/aromatic N) is 1. The van der Waals surface area contributed by atoms with Crippen LogP contribution in [0.2, 0.25) is 0 Å². The number of aryl methyl sites for hydroxylation is 1. The Balaban J connectivity index is 2.39. The zero-order chi connectivity index (χ0) is 12.3. The maximum atomic E-state index is 2.32. The molecule has 17 heavy (non-hydrogen) atoms. The number of rotatable bonds is 3. The fourth-order valence-electron chi connectivity index (χ4n) is 2.26. The molecule has 1 heteroatoms. The third-order valence-electron chi connectivity index (χ3n) is 3.67. The quantitative estimate of drug-likeness (QED) is 0.685. The van der Waals surface area contributed by atoms with Gasteiger partial charge in [0.15, 0.2) is 0 Å². The van der Waals surface area contributed by atoms with Gasteiger partial charge in [-0.3, -0.25) is 4.48 Å². The lowest BCUT2D eigenvalue weighted by molar-refractivity contribution is 0.439. The number of allylic oxidation sites excluding steroid dienone is 3. The van der Waals surface area contributed by atoms with Crippen molar-refractivity contribution in [3.05, 3.63) is 60.2 Å². The third kappa shape index (κ3) is 2.34. The van der Waals surface area contributed by atoms with E-state index in [2.05, 4.69) is 69.8 Å². The van der Waals surface area contributed by atoms with E-state index in [1.54, 1.807) is 0 Å². The molecule has 1 atom stereocenters. The molecule has 1 aromatic rings. The second-order valence-electron chi connectivity index (χ2n) is 4.80. The summed E-state index contributed by atoms with van der Waals surface area (Å²) in [5, 5.41) is 0. The van der Waals surface area contributed by atoms with E-state index in [0.717, 1.165) is 17.4 Å². The normalized spacial score (nSPS) is 18.6. The lowest BCUT2D eigenvalue weighted by atomic mass is 10.1. The van der Waals surface area contributed by atoms with Crippen LogP contribution in [0.15, 0.2) is 48.2 Å². The summed E-state index contributed by atoms with van der Waals surface area (Å²) in [6, 6.07) is 8.87. The molecule has 2 rings (SSSR count). The molecule has 1 unspecified atom stereocenters. The number of likely N-dealkylation sites (N-methyl/N-ethyl adjacent to an activating group) is 1. The zero-order valence-electron chi connectivity index (χ0n) is 11.0. The van der Waals surface area contributed by atoms with Crippen LogP contribution >= 0.6 is 0 Å². The summed E-state index contributed by atoms with van der Waals surface area (Å²) in [5.74, 6) is 0. The van der Waals surface area contributed by atoms with E-state index in [9.17, 15) is 0 Å². The van der Waals surface area contributed by atoms with E-state index in [0.29, 0.717) is 0 Å². The van der Waals surface area contributed by atoms with Gasteiger partial charge in [-0.05, 0) is 51.0 Å². The van der Waals surface area contributed by atoms with E-state index < -0.39 is 0 Å². The molecule has 0 N–H and O–H groups in total. The van der Waals surface area contributed by atoms with Crippen LogP contribution < -0.4 is 4.48 Å². The molecule has 0 heterocycles. The first-order chi connectivity index (χ1) is 8.16. The Morgan fingerprint density at radius 2 is 1.88 bits per heavy atom. The first kappa shape index (κ1) is 12.1. The van der Waals surface area contributed by atoms with Crippen molar-refractivity contribution in [2.45, 2.75) is 20.3 Å². The highest BCUT2D eigenvalue weighted by atomic mass is 15.3. The molecule has 0 saturated heterocycles. The van der Waals surface area contributed by atoms with Crippen LogP contribution in [0.4, 0.5) is 5.69 Å². The molecule has 0 fully saturated rings. The highest BCUT2D eigenvalue weighted by Crippen LogP contribution is 2.29. The van der Waals surface area contributed by atoms with E-state index >= 15 is 0 Å². The van der Waals surface area contributed by atoms with Crippen molar-refractivity contribution in [2.24, 2.45) is 0 Å². The van der Waals surface area contributed by atoms with Gasteiger partial charge in [-0.1, -0.05) is 23.8 Å². The standard InChI is InChI=1S/C16H21N/c1-4-17(3,15-8-6-5-7-9-15)16-12-10-14(2)11-13-16/h5-6,8-13H,4,7H2,1-3H3/q+1. The molecule has 1 radical (unpaired) electrons. The molecule has 0 aliphatic heterocycles. The summed E-state index contributed by atoms with van der Waals surface area (Å²) >= 11 is 0. The summed E-state index contributed by atoms with van der Waals surface area (Å²) in [4.78, 5) is 0. The number of hydrogen-bond acceptors (Lipinski definition) is 0. The number of benzene rings is 1. The zero-order valence-corrected chi connectivity index (χ0v) is 11.0. The van der Waals surface area contributed by atoms with Crippen LogP contribution in [-0.2, 0) is 0 Å². The minimum atomic E-state index is 0.880. The van der Waals surface area contributed by atoms with Crippen LogP contribution in [0.3, 0.4) is 0 Å². The molecular formula is C16H21N+. The molecule has 89 valence electrons. The molecule has 0 spiro atoms. The molecule has 1 aliphatic carbocycles. The van der Waals surface area contributed by atoms with Crippen LogP contribution in [0, 0.1) is 13.3 Å². The molecule has 1 aliphatic rings. The second kappa shape index (κ2) is 4.89. The van der Waals surface area contributed by atoms with Crippen molar-refractivity contribution in [3.8, 4) is 0 Å². The summed E-state index contributed by atoms with van der Waals surface area (Å²) in [6.07, 6.45) is 9.95. The molecule has 1 aromatic carbocycles. The van der Waals surface area contributed by atoms with Gasteiger partial charge in [0, 0.05) is 0 Å². The highest BCUT2D eigenvalue weighted by Gasteiger charge is 2.27. The largest absolute Gasteiger partial charge is 0.262 e. The first-order valence-electron chi connectivity index (χ1n) is 6.30. The summed E-state index contributed by atoms with van der Waals surface area (Å²) in [6.45, 7) is 5.45. The van der Waals surface area contributed by atoms with Gasteiger partial charge in [0.05, 0.1) is 13.6 Å². The maximum absolute atomic E-state index is 2.32. The topological polar surface area (TPSA) is 0 Å². The fraction of sp³-hybridized carbons (Fsp3) is 0.312. The summed E-state index contributed by atoms with van der Waals surface area (Å²) in [7, 11) is 2.28. The van der Waals surface area contributed by atoms with Gasteiger partial charge in [-0.25, -0.2) is 0 Å². The second-order valence-corrected chi connectivity index (χ2v) is 4.80.